The molecule has 0 atom stereocenters. The van der Waals surface area contributed by atoms with E-state index in [0.29, 0.717) is 19.3 Å². The van der Waals surface area contributed by atoms with Crippen LogP contribution in [-0.4, -0.2) is 21.3 Å². The molecule has 108 valence electrons. The molecule has 1 saturated carbocycles. The molecule has 0 saturated heterocycles. The van der Waals surface area contributed by atoms with Crippen molar-refractivity contribution in [1.82, 2.24) is 9.55 Å². The minimum atomic E-state index is -1.13. The summed E-state index contributed by atoms with van der Waals surface area (Å²) in [5.74, 6) is 0.867. The Balaban J connectivity index is 1.90. The van der Waals surface area contributed by atoms with Gasteiger partial charge in [0.2, 0.25) is 0 Å². The molecule has 0 aliphatic heterocycles. The number of aromatic nitrogens is 2. The maximum atomic E-state index is 15.0. The van der Waals surface area contributed by atoms with Crippen LogP contribution in [0.15, 0.2) is 24.3 Å². The number of alkyl halides is 1. The average molecular weight is 275 g/mol. The number of imidazole rings is 1. The third kappa shape index (κ3) is 2.44. The molecule has 3 rings (SSSR count). The highest BCUT2D eigenvalue weighted by Gasteiger charge is 2.35. The van der Waals surface area contributed by atoms with Gasteiger partial charge in [-0.3, -0.25) is 0 Å². The molecule has 2 aromatic rings. The van der Waals surface area contributed by atoms with E-state index < -0.39 is 5.67 Å². The quantitative estimate of drug-likeness (QED) is 0.934. The fraction of sp³-hybridized carbons (Fsp3) is 0.562. The van der Waals surface area contributed by atoms with E-state index in [2.05, 4.69) is 22.5 Å². The first-order chi connectivity index (χ1) is 9.61. The molecule has 0 unspecified atom stereocenters. The Hall–Kier alpha value is -1.42. The van der Waals surface area contributed by atoms with E-state index in [4.69, 9.17) is 5.73 Å². The molecule has 1 heterocycles. The number of nitrogens with zero attached hydrogens (tertiary/aromatic N) is 2. The number of aryl methyl sites for hydroxylation is 1. The topological polar surface area (TPSA) is 43.8 Å². The Morgan fingerprint density at radius 3 is 2.75 bits per heavy atom. The summed E-state index contributed by atoms with van der Waals surface area (Å²) in [6, 6.07) is 8.20. The minimum absolute atomic E-state index is 0.170. The molecular formula is C16H22FN3. The third-order valence-corrected chi connectivity index (χ3v) is 4.45. The molecule has 4 heteroatoms. The molecule has 20 heavy (non-hydrogen) atoms. The van der Waals surface area contributed by atoms with E-state index in [1.807, 2.05) is 18.2 Å². The zero-order valence-corrected chi connectivity index (χ0v) is 12.0. The van der Waals surface area contributed by atoms with Crippen LogP contribution in [0.1, 0.15) is 38.4 Å². The van der Waals surface area contributed by atoms with Crippen molar-refractivity contribution >= 4 is 11.0 Å². The third-order valence-electron chi connectivity index (χ3n) is 4.45. The molecule has 2 N–H and O–H groups in total. The lowest BCUT2D eigenvalue weighted by molar-refractivity contribution is 0.0963. The van der Waals surface area contributed by atoms with Crippen LogP contribution < -0.4 is 5.73 Å². The fourth-order valence-corrected chi connectivity index (χ4v) is 3.23. The maximum Gasteiger partial charge on any atom is 0.118 e. The van der Waals surface area contributed by atoms with E-state index in [9.17, 15) is 4.39 Å². The van der Waals surface area contributed by atoms with Crippen molar-refractivity contribution < 1.29 is 4.39 Å². The van der Waals surface area contributed by atoms with Gasteiger partial charge in [0.05, 0.1) is 11.0 Å². The molecule has 0 radical (unpaired) electrons. The lowest BCUT2D eigenvalue weighted by Crippen LogP contribution is -2.37. The number of benzene rings is 1. The van der Waals surface area contributed by atoms with E-state index >= 15 is 0 Å². The first-order valence-electron chi connectivity index (χ1n) is 7.50. The molecule has 3 nitrogen and oxygen atoms in total. The van der Waals surface area contributed by atoms with Gasteiger partial charge < -0.3 is 10.3 Å². The highest BCUT2D eigenvalue weighted by atomic mass is 19.1. The molecule has 1 aliphatic carbocycles. The van der Waals surface area contributed by atoms with Crippen LogP contribution in [0.2, 0.25) is 0 Å². The predicted molar refractivity (Wildman–Crippen MR) is 79.4 cm³/mol. The van der Waals surface area contributed by atoms with Crippen molar-refractivity contribution in [2.45, 2.75) is 57.3 Å². The second-order valence-corrected chi connectivity index (χ2v) is 5.93. The van der Waals surface area contributed by atoms with Crippen LogP contribution in [0.5, 0.6) is 0 Å². The van der Waals surface area contributed by atoms with E-state index in [0.717, 1.165) is 36.2 Å². The highest BCUT2D eigenvalue weighted by Crippen LogP contribution is 2.34. The number of fused-ring (bicyclic) bond motifs is 1. The van der Waals surface area contributed by atoms with Gasteiger partial charge in [-0.15, -0.1) is 0 Å². The van der Waals surface area contributed by atoms with Gasteiger partial charge >= 0.3 is 0 Å². The lowest BCUT2D eigenvalue weighted by Gasteiger charge is -2.32. The average Bonchev–Trinajstić information content (AvgIpc) is 2.79. The zero-order valence-electron chi connectivity index (χ0n) is 12.0. The summed E-state index contributed by atoms with van der Waals surface area (Å²) < 4.78 is 17.1. The van der Waals surface area contributed by atoms with Gasteiger partial charge in [-0.1, -0.05) is 12.1 Å². The Morgan fingerprint density at radius 1 is 1.35 bits per heavy atom. The number of halogens is 1. The van der Waals surface area contributed by atoms with Crippen molar-refractivity contribution in [1.29, 1.82) is 0 Å². The normalized spacial score (nSPS) is 27.1. The Morgan fingerprint density at radius 2 is 2.05 bits per heavy atom. The smallest absolute Gasteiger partial charge is 0.118 e. The summed E-state index contributed by atoms with van der Waals surface area (Å²) in [4.78, 5) is 4.63. The summed E-state index contributed by atoms with van der Waals surface area (Å²) >= 11 is 0. The second-order valence-electron chi connectivity index (χ2n) is 5.93. The monoisotopic (exact) mass is 275 g/mol. The summed E-state index contributed by atoms with van der Waals surface area (Å²) in [5.41, 5.74) is 6.80. The molecule has 1 aromatic heterocycles. The second kappa shape index (κ2) is 5.17. The maximum absolute atomic E-state index is 15.0. The lowest BCUT2D eigenvalue weighted by atomic mass is 9.81. The van der Waals surface area contributed by atoms with Crippen LogP contribution in [0.4, 0.5) is 4.39 Å². The van der Waals surface area contributed by atoms with Gasteiger partial charge in [0, 0.05) is 19.0 Å². The van der Waals surface area contributed by atoms with Gasteiger partial charge in [0.15, 0.2) is 0 Å². The van der Waals surface area contributed by atoms with Crippen LogP contribution in [0.25, 0.3) is 11.0 Å². The van der Waals surface area contributed by atoms with Crippen molar-refractivity contribution in [3.8, 4) is 0 Å². The van der Waals surface area contributed by atoms with Gasteiger partial charge in [-0.25, -0.2) is 9.37 Å². The molecule has 0 bridgehead atoms. The summed E-state index contributed by atoms with van der Waals surface area (Å²) in [7, 11) is 0. The minimum Gasteiger partial charge on any atom is -0.328 e. The first-order valence-corrected chi connectivity index (χ1v) is 7.50. The summed E-state index contributed by atoms with van der Waals surface area (Å²) in [6.07, 6.45) is 3.08. The first kappa shape index (κ1) is 13.6. The van der Waals surface area contributed by atoms with Gasteiger partial charge in [0.25, 0.3) is 0 Å². The molecular weight excluding hydrogens is 253 g/mol. The number of rotatable bonds is 3. The number of hydrogen-bond acceptors (Lipinski definition) is 2. The molecule has 1 fully saturated rings. The van der Waals surface area contributed by atoms with Crippen molar-refractivity contribution in [3.05, 3.63) is 30.1 Å². The van der Waals surface area contributed by atoms with Crippen LogP contribution in [-0.2, 0) is 13.0 Å². The van der Waals surface area contributed by atoms with Crippen molar-refractivity contribution in [3.63, 3.8) is 0 Å². The Kier molecular flexibility index (Phi) is 3.50. The predicted octanol–water partition coefficient (Wildman–Crippen LogP) is 3.21. The van der Waals surface area contributed by atoms with E-state index in [-0.39, 0.29) is 6.04 Å². The zero-order chi connectivity index (χ0) is 14.2. The molecule has 0 amide bonds. The van der Waals surface area contributed by atoms with Crippen LogP contribution in [0, 0.1) is 0 Å². The standard InChI is InChI=1S/C16H22FN3/c1-2-20-14-6-4-3-5-13(14)19-15(20)11-16(17)9-7-12(18)8-10-16/h3-6,12H,2,7-11,18H2,1H3. The van der Waals surface area contributed by atoms with E-state index in [1.165, 1.54) is 0 Å². The van der Waals surface area contributed by atoms with Crippen molar-refractivity contribution in [2.75, 3.05) is 0 Å². The molecule has 1 aliphatic rings. The highest BCUT2D eigenvalue weighted by molar-refractivity contribution is 5.75. The Labute approximate surface area is 119 Å². The Bertz CT molecular complexity index is 597. The number of hydrogen-bond donors (Lipinski definition) is 1. The fourth-order valence-electron chi connectivity index (χ4n) is 3.23. The van der Waals surface area contributed by atoms with Gasteiger partial charge in [0.1, 0.15) is 11.5 Å². The SMILES string of the molecule is CCn1c(CC2(F)CCC(N)CC2)nc2ccccc21. The summed E-state index contributed by atoms with van der Waals surface area (Å²) in [5, 5.41) is 0. The number of para-hydroxylation sites is 2. The van der Waals surface area contributed by atoms with Crippen LogP contribution >= 0.6 is 0 Å². The summed E-state index contributed by atoms with van der Waals surface area (Å²) in [6.45, 7) is 2.91. The van der Waals surface area contributed by atoms with Crippen LogP contribution in [0.3, 0.4) is 0 Å². The largest absolute Gasteiger partial charge is 0.328 e. The van der Waals surface area contributed by atoms with Crippen molar-refractivity contribution in [2.24, 2.45) is 5.73 Å². The van der Waals surface area contributed by atoms with Gasteiger partial charge in [-0.2, -0.15) is 0 Å². The molecule has 0 spiro atoms. The number of nitrogens with two attached hydrogens (primary N) is 1. The van der Waals surface area contributed by atoms with Gasteiger partial charge in [-0.05, 0) is 44.7 Å². The van der Waals surface area contributed by atoms with E-state index in [1.54, 1.807) is 0 Å². The molecule has 1 aromatic carbocycles.